The molecule has 0 aliphatic heterocycles. The SMILES string of the molecule is CCCc1n[nH]c(=S)n1CC(=O)Nc1ccc(OC)c(OC2CCCC2)c1. The van der Waals surface area contributed by atoms with E-state index in [1.807, 2.05) is 12.1 Å². The van der Waals surface area contributed by atoms with E-state index in [4.69, 9.17) is 21.7 Å². The summed E-state index contributed by atoms with van der Waals surface area (Å²) in [4.78, 5) is 12.5. The number of anilines is 1. The average molecular weight is 391 g/mol. The molecule has 1 amide bonds. The lowest BCUT2D eigenvalue weighted by Crippen LogP contribution is -2.20. The number of hydrogen-bond donors (Lipinski definition) is 2. The summed E-state index contributed by atoms with van der Waals surface area (Å²) in [6.07, 6.45) is 6.40. The zero-order valence-corrected chi connectivity index (χ0v) is 16.6. The third-order valence-corrected chi connectivity index (χ3v) is 4.97. The topological polar surface area (TPSA) is 81.2 Å². The first-order valence-electron chi connectivity index (χ1n) is 9.39. The van der Waals surface area contributed by atoms with Crippen LogP contribution in [0.4, 0.5) is 5.69 Å². The molecule has 1 aromatic carbocycles. The van der Waals surface area contributed by atoms with Crippen LogP contribution in [0.2, 0.25) is 0 Å². The number of aromatic amines is 1. The van der Waals surface area contributed by atoms with E-state index in [-0.39, 0.29) is 18.6 Å². The molecule has 3 rings (SSSR count). The Morgan fingerprint density at radius 3 is 2.85 bits per heavy atom. The first-order valence-corrected chi connectivity index (χ1v) is 9.80. The normalized spacial score (nSPS) is 14.3. The molecule has 27 heavy (non-hydrogen) atoms. The highest BCUT2D eigenvalue weighted by Gasteiger charge is 2.19. The lowest BCUT2D eigenvalue weighted by molar-refractivity contribution is -0.116. The summed E-state index contributed by atoms with van der Waals surface area (Å²) in [6.45, 7) is 2.18. The van der Waals surface area contributed by atoms with Crippen LogP contribution in [-0.4, -0.2) is 33.9 Å². The molecular weight excluding hydrogens is 364 g/mol. The fourth-order valence-corrected chi connectivity index (χ4v) is 3.52. The second kappa shape index (κ2) is 9.03. The fourth-order valence-electron chi connectivity index (χ4n) is 3.30. The number of benzene rings is 1. The van der Waals surface area contributed by atoms with Crippen molar-refractivity contribution in [2.24, 2.45) is 0 Å². The molecule has 7 nitrogen and oxygen atoms in total. The Hall–Kier alpha value is -2.35. The van der Waals surface area contributed by atoms with Crippen LogP contribution in [0.1, 0.15) is 44.9 Å². The lowest BCUT2D eigenvalue weighted by Gasteiger charge is -2.17. The monoisotopic (exact) mass is 390 g/mol. The Balaban J connectivity index is 1.70. The maximum atomic E-state index is 12.5. The van der Waals surface area contributed by atoms with E-state index in [1.165, 1.54) is 12.8 Å². The van der Waals surface area contributed by atoms with Gasteiger partial charge in [-0.15, -0.1) is 0 Å². The number of rotatable bonds is 8. The zero-order chi connectivity index (χ0) is 19.2. The van der Waals surface area contributed by atoms with Crippen LogP contribution in [0.3, 0.4) is 0 Å². The van der Waals surface area contributed by atoms with Crippen molar-refractivity contribution in [3.63, 3.8) is 0 Å². The van der Waals surface area contributed by atoms with Crippen molar-refractivity contribution in [3.8, 4) is 11.5 Å². The molecule has 1 saturated carbocycles. The van der Waals surface area contributed by atoms with Crippen molar-refractivity contribution in [1.82, 2.24) is 14.8 Å². The second-order valence-corrected chi connectivity index (χ2v) is 7.11. The van der Waals surface area contributed by atoms with Crippen molar-refractivity contribution in [2.45, 2.75) is 58.1 Å². The molecular formula is C19H26N4O3S. The van der Waals surface area contributed by atoms with E-state index in [1.54, 1.807) is 17.7 Å². The van der Waals surface area contributed by atoms with Gasteiger partial charge in [0.15, 0.2) is 16.3 Å². The first kappa shape index (κ1) is 19.4. The van der Waals surface area contributed by atoms with Gasteiger partial charge < -0.3 is 14.8 Å². The molecule has 1 aliphatic rings. The maximum absolute atomic E-state index is 12.5. The molecule has 1 aromatic heterocycles. The van der Waals surface area contributed by atoms with Gasteiger partial charge >= 0.3 is 0 Å². The highest BCUT2D eigenvalue weighted by molar-refractivity contribution is 7.71. The summed E-state index contributed by atoms with van der Waals surface area (Å²) in [5.74, 6) is 1.95. The molecule has 8 heteroatoms. The van der Waals surface area contributed by atoms with Gasteiger partial charge in [-0.1, -0.05) is 6.92 Å². The summed E-state index contributed by atoms with van der Waals surface area (Å²) >= 11 is 5.23. The van der Waals surface area contributed by atoms with E-state index < -0.39 is 0 Å². The number of aryl methyl sites for hydroxylation is 1. The summed E-state index contributed by atoms with van der Waals surface area (Å²) in [5, 5.41) is 9.85. The van der Waals surface area contributed by atoms with Crippen molar-refractivity contribution in [2.75, 3.05) is 12.4 Å². The Morgan fingerprint density at radius 2 is 2.15 bits per heavy atom. The molecule has 146 valence electrons. The Bertz CT molecular complexity index is 840. The largest absolute Gasteiger partial charge is 0.493 e. The molecule has 0 radical (unpaired) electrons. The highest BCUT2D eigenvalue weighted by atomic mass is 32.1. The van der Waals surface area contributed by atoms with Gasteiger partial charge in [-0.2, -0.15) is 5.10 Å². The van der Waals surface area contributed by atoms with Crippen LogP contribution >= 0.6 is 12.2 Å². The van der Waals surface area contributed by atoms with Gasteiger partial charge in [0.25, 0.3) is 0 Å². The second-order valence-electron chi connectivity index (χ2n) is 6.72. The van der Waals surface area contributed by atoms with Crippen molar-refractivity contribution in [1.29, 1.82) is 0 Å². The molecule has 0 saturated heterocycles. The Morgan fingerprint density at radius 1 is 1.37 bits per heavy atom. The molecule has 2 aromatic rings. The fraction of sp³-hybridized carbons (Fsp3) is 0.526. The van der Waals surface area contributed by atoms with Gasteiger partial charge in [0.2, 0.25) is 5.91 Å². The van der Waals surface area contributed by atoms with E-state index in [9.17, 15) is 4.79 Å². The zero-order valence-electron chi connectivity index (χ0n) is 15.8. The molecule has 1 aliphatic carbocycles. The molecule has 0 bridgehead atoms. The minimum Gasteiger partial charge on any atom is -0.493 e. The van der Waals surface area contributed by atoms with Crippen LogP contribution in [-0.2, 0) is 17.8 Å². The number of carbonyl (C=O) groups is 1. The predicted molar refractivity (Wildman–Crippen MR) is 106 cm³/mol. The van der Waals surface area contributed by atoms with Crippen molar-refractivity contribution < 1.29 is 14.3 Å². The van der Waals surface area contributed by atoms with Crippen LogP contribution in [0.25, 0.3) is 0 Å². The lowest BCUT2D eigenvalue weighted by atomic mass is 10.2. The predicted octanol–water partition coefficient (Wildman–Crippen LogP) is 3.86. The molecule has 0 unspecified atom stereocenters. The van der Waals surface area contributed by atoms with Crippen LogP contribution in [0.15, 0.2) is 18.2 Å². The van der Waals surface area contributed by atoms with Crippen molar-refractivity contribution >= 4 is 23.8 Å². The number of nitrogens with one attached hydrogen (secondary N) is 2. The van der Waals surface area contributed by atoms with Gasteiger partial charge in [0.05, 0.1) is 13.2 Å². The standard InChI is InChI=1S/C19H26N4O3S/c1-3-6-17-21-22-19(27)23(17)12-18(24)20-13-9-10-15(25-2)16(11-13)26-14-7-4-5-8-14/h9-11,14H,3-8,12H2,1-2H3,(H,20,24)(H,22,27). The van der Waals surface area contributed by atoms with Crippen LogP contribution < -0.4 is 14.8 Å². The molecule has 0 spiro atoms. The molecule has 1 heterocycles. The molecule has 2 N–H and O–H groups in total. The Labute approximate surface area is 164 Å². The van der Waals surface area contributed by atoms with E-state index in [0.717, 1.165) is 31.5 Å². The molecule has 1 fully saturated rings. The first-order chi connectivity index (χ1) is 13.1. The van der Waals surface area contributed by atoms with Crippen LogP contribution in [0.5, 0.6) is 11.5 Å². The third kappa shape index (κ3) is 4.88. The van der Waals surface area contributed by atoms with Gasteiger partial charge in [0, 0.05) is 18.2 Å². The number of hydrogen-bond acceptors (Lipinski definition) is 5. The third-order valence-electron chi connectivity index (χ3n) is 4.66. The smallest absolute Gasteiger partial charge is 0.244 e. The summed E-state index contributed by atoms with van der Waals surface area (Å²) < 4.78 is 13.7. The average Bonchev–Trinajstić information content (AvgIpc) is 3.27. The summed E-state index contributed by atoms with van der Waals surface area (Å²) in [6, 6.07) is 5.43. The number of H-pyrrole nitrogens is 1. The maximum Gasteiger partial charge on any atom is 0.244 e. The van der Waals surface area contributed by atoms with E-state index >= 15 is 0 Å². The number of ether oxygens (including phenoxy) is 2. The highest BCUT2D eigenvalue weighted by Crippen LogP contribution is 2.33. The minimum absolute atomic E-state index is 0.121. The van der Waals surface area contributed by atoms with Crippen LogP contribution in [0, 0.1) is 4.77 Å². The number of amides is 1. The van der Waals surface area contributed by atoms with Gasteiger partial charge in [-0.25, -0.2) is 0 Å². The summed E-state index contributed by atoms with van der Waals surface area (Å²) in [5.41, 5.74) is 0.667. The Kier molecular flexibility index (Phi) is 6.49. The number of aromatic nitrogens is 3. The van der Waals surface area contributed by atoms with Crippen molar-refractivity contribution in [3.05, 3.63) is 28.8 Å². The number of carbonyl (C=O) groups excluding carboxylic acids is 1. The van der Waals surface area contributed by atoms with Gasteiger partial charge in [0.1, 0.15) is 12.4 Å². The number of nitrogens with zero attached hydrogens (tertiary/aromatic N) is 2. The van der Waals surface area contributed by atoms with Gasteiger partial charge in [-0.3, -0.25) is 14.5 Å². The quantitative estimate of drug-likeness (QED) is 0.669. The minimum atomic E-state index is -0.165. The van der Waals surface area contributed by atoms with E-state index in [2.05, 4.69) is 22.4 Å². The number of methoxy groups -OCH3 is 1. The van der Waals surface area contributed by atoms with E-state index in [0.29, 0.717) is 22.0 Å². The van der Waals surface area contributed by atoms with Gasteiger partial charge in [-0.05, 0) is 56.5 Å². The summed E-state index contributed by atoms with van der Waals surface area (Å²) in [7, 11) is 1.62. The molecule has 0 atom stereocenters.